The van der Waals surface area contributed by atoms with Crippen molar-refractivity contribution < 1.29 is 4.74 Å². The molecule has 0 spiro atoms. The lowest BCUT2D eigenvalue weighted by atomic mass is 10.3. The summed E-state index contributed by atoms with van der Waals surface area (Å²) in [6.45, 7) is 0.424. The number of methoxy groups -OCH3 is 1. The second-order valence-electron chi connectivity index (χ2n) is 4.69. The molecule has 1 aromatic carbocycles. The molecule has 0 saturated carbocycles. The van der Waals surface area contributed by atoms with Gasteiger partial charge < -0.3 is 20.7 Å². The number of nitrogens with zero attached hydrogens (tertiary/aromatic N) is 3. The van der Waals surface area contributed by atoms with Gasteiger partial charge in [-0.15, -0.1) is 35.3 Å². The summed E-state index contributed by atoms with van der Waals surface area (Å²) in [4.78, 5) is 10.7. The monoisotopic (exact) mass is 467 g/mol. The van der Waals surface area contributed by atoms with E-state index in [-0.39, 0.29) is 24.0 Å². The third-order valence-corrected chi connectivity index (χ3v) is 4.11. The van der Waals surface area contributed by atoms with E-state index < -0.39 is 0 Å². The van der Waals surface area contributed by atoms with Gasteiger partial charge in [0.05, 0.1) is 24.4 Å². The molecule has 1 heterocycles. The fourth-order valence-electron chi connectivity index (χ4n) is 1.67. The zero-order chi connectivity index (χ0) is 16.1. The average molecular weight is 468 g/mol. The van der Waals surface area contributed by atoms with Crippen molar-refractivity contribution in [3.8, 4) is 5.75 Å². The number of anilines is 2. The Morgan fingerprint density at radius 1 is 1.48 bits per heavy atom. The van der Waals surface area contributed by atoms with E-state index in [1.54, 1.807) is 30.6 Å². The standard InChI is InChI=1S/C14H18ClN5OS.HI/c1-20(2)14-19-10(8-22-14)7-17-13(16)18-9-4-5-12(21-3)11(15)6-9;/h4-6,8H,7H2,1-3H3,(H3,16,17,18);1H. The summed E-state index contributed by atoms with van der Waals surface area (Å²) in [5, 5.41) is 6.41. The van der Waals surface area contributed by atoms with Crippen LogP contribution in [0.15, 0.2) is 28.6 Å². The van der Waals surface area contributed by atoms with Gasteiger partial charge in [-0.3, -0.25) is 0 Å². The number of nitrogens with two attached hydrogens (primary N) is 1. The van der Waals surface area contributed by atoms with E-state index in [0.717, 1.165) is 16.5 Å². The number of hydrogen-bond acceptors (Lipinski definition) is 5. The molecule has 1 aromatic heterocycles. The Hall–Kier alpha value is -1.26. The van der Waals surface area contributed by atoms with Gasteiger partial charge in [0.1, 0.15) is 5.75 Å². The highest BCUT2D eigenvalue weighted by Gasteiger charge is 2.04. The molecule has 9 heteroatoms. The quantitative estimate of drug-likeness (QED) is 0.400. The predicted molar refractivity (Wildman–Crippen MR) is 109 cm³/mol. The molecule has 0 amide bonds. The summed E-state index contributed by atoms with van der Waals surface area (Å²) >= 11 is 7.63. The molecule has 126 valence electrons. The Kier molecular flexibility index (Phi) is 7.86. The van der Waals surface area contributed by atoms with Crippen molar-refractivity contribution in [2.24, 2.45) is 10.7 Å². The normalized spacial score (nSPS) is 10.9. The van der Waals surface area contributed by atoms with Gasteiger partial charge in [-0.25, -0.2) is 9.98 Å². The first-order valence-electron chi connectivity index (χ1n) is 6.52. The van der Waals surface area contributed by atoms with E-state index in [9.17, 15) is 0 Å². The number of rotatable bonds is 5. The third-order valence-electron chi connectivity index (χ3n) is 2.76. The summed E-state index contributed by atoms with van der Waals surface area (Å²) in [5.41, 5.74) is 7.50. The first-order chi connectivity index (χ1) is 10.5. The Labute approximate surface area is 161 Å². The number of halogens is 2. The van der Waals surface area contributed by atoms with Crippen LogP contribution < -0.4 is 20.7 Å². The number of thiazole rings is 1. The molecule has 0 radical (unpaired) electrons. The van der Waals surface area contributed by atoms with Gasteiger partial charge in [0.15, 0.2) is 11.1 Å². The lowest BCUT2D eigenvalue weighted by Gasteiger charge is -2.08. The lowest BCUT2D eigenvalue weighted by Crippen LogP contribution is -2.22. The summed E-state index contributed by atoms with van der Waals surface area (Å²) in [7, 11) is 5.48. The smallest absolute Gasteiger partial charge is 0.193 e. The van der Waals surface area contributed by atoms with E-state index in [2.05, 4.69) is 15.3 Å². The maximum Gasteiger partial charge on any atom is 0.193 e. The summed E-state index contributed by atoms with van der Waals surface area (Å²) in [6, 6.07) is 5.32. The zero-order valence-corrected chi connectivity index (χ0v) is 16.9. The van der Waals surface area contributed by atoms with E-state index in [1.165, 1.54) is 0 Å². The molecular weight excluding hydrogens is 449 g/mol. The van der Waals surface area contributed by atoms with Crippen LogP contribution in [0.3, 0.4) is 0 Å². The van der Waals surface area contributed by atoms with Crippen LogP contribution in [-0.4, -0.2) is 32.1 Å². The van der Waals surface area contributed by atoms with Crippen LogP contribution >= 0.6 is 46.9 Å². The number of benzene rings is 1. The van der Waals surface area contributed by atoms with Crippen LogP contribution in [0.1, 0.15) is 5.69 Å². The van der Waals surface area contributed by atoms with Crippen LogP contribution in [0, 0.1) is 0 Å². The van der Waals surface area contributed by atoms with Gasteiger partial charge >= 0.3 is 0 Å². The minimum Gasteiger partial charge on any atom is -0.495 e. The lowest BCUT2D eigenvalue weighted by molar-refractivity contribution is 0.415. The molecule has 0 fully saturated rings. The average Bonchev–Trinajstić information content (AvgIpc) is 2.94. The van der Waals surface area contributed by atoms with Gasteiger partial charge in [-0.05, 0) is 18.2 Å². The Balaban J connectivity index is 0.00000264. The minimum absolute atomic E-state index is 0. The van der Waals surface area contributed by atoms with Gasteiger partial charge in [0.25, 0.3) is 0 Å². The number of aromatic nitrogens is 1. The maximum absolute atomic E-state index is 6.06. The van der Waals surface area contributed by atoms with E-state index in [0.29, 0.717) is 23.3 Å². The third kappa shape index (κ3) is 5.70. The van der Waals surface area contributed by atoms with Gasteiger partial charge in [-0.2, -0.15) is 0 Å². The molecule has 0 unspecified atom stereocenters. The van der Waals surface area contributed by atoms with Crippen molar-refractivity contribution >= 4 is 63.7 Å². The molecular formula is C14H19ClIN5OS. The molecule has 0 aliphatic heterocycles. The molecule has 3 N–H and O–H groups in total. The Morgan fingerprint density at radius 2 is 2.22 bits per heavy atom. The van der Waals surface area contributed by atoms with Crippen LogP contribution in [0.2, 0.25) is 5.02 Å². The minimum atomic E-state index is 0. The second kappa shape index (κ2) is 9.14. The van der Waals surface area contributed by atoms with Crippen molar-refractivity contribution in [2.75, 3.05) is 31.4 Å². The number of aliphatic imine (C=N–C) groups is 1. The molecule has 23 heavy (non-hydrogen) atoms. The van der Waals surface area contributed by atoms with Gasteiger partial charge in [0.2, 0.25) is 0 Å². The summed E-state index contributed by atoms with van der Waals surface area (Å²) < 4.78 is 5.10. The molecule has 0 bridgehead atoms. The molecule has 2 aromatic rings. The molecule has 2 rings (SSSR count). The highest BCUT2D eigenvalue weighted by molar-refractivity contribution is 14.0. The molecule has 0 atom stereocenters. The topological polar surface area (TPSA) is 75.8 Å². The van der Waals surface area contributed by atoms with Crippen molar-refractivity contribution in [3.05, 3.63) is 34.3 Å². The SMILES string of the molecule is COc1ccc(NC(N)=NCc2csc(N(C)C)n2)cc1Cl.I. The van der Waals surface area contributed by atoms with Crippen molar-refractivity contribution in [1.82, 2.24) is 4.98 Å². The van der Waals surface area contributed by atoms with E-state index >= 15 is 0 Å². The maximum atomic E-state index is 6.06. The number of ether oxygens (including phenoxy) is 1. The number of guanidine groups is 1. The first-order valence-corrected chi connectivity index (χ1v) is 7.77. The van der Waals surface area contributed by atoms with Gasteiger partial charge in [0, 0.05) is 25.2 Å². The molecule has 0 saturated heterocycles. The molecule has 0 aliphatic rings. The number of hydrogen-bond donors (Lipinski definition) is 2. The largest absolute Gasteiger partial charge is 0.495 e. The fraction of sp³-hybridized carbons (Fsp3) is 0.286. The van der Waals surface area contributed by atoms with Crippen LogP contribution in [0.4, 0.5) is 10.8 Å². The Bertz CT molecular complexity index is 677. The second-order valence-corrected chi connectivity index (χ2v) is 5.94. The van der Waals surface area contributed by atoms with Crippen LogP contribution in [-0.2, 0) is 6.54 Å². The van der Waals surface area contributed by atoms with Crippen molar-refractivity contribution in [3.63, 3.8) is 0 Å². The summed E-state index contributed by atoms with van der Waals surface area (Å²) in [6.07, 6.45) is 0. The van der Waals surface area contributed by atoms with E-state index in [1.807, 2.05) is 30.4 Å². The first kappa shape index (κ1) is 19.8. The Morgan fingerprint density at radius 3 is 2.78 bits per heavy atom. The molecule has 0 aliphatic carbocycles. The van der Waals surface area contributed by atoms with Gasteiger partial charge in [-0.1, -0.05) is 11.6 Å². The number of nitrogens with one attached hydrogen (secondary N) is 1. The van der Waals surface area contributed by atoms with Crippen molar-refractivity contribution in [2.45, 2.75) is 6.54 Å². The molecule has 6 nitrogen and oxygen atoms in total. The van der Waals surface area contributed by atoms with Crippen LogP contribution in [0.5, 0.6) is 5.75 Å². The predicted octanol–water partition coefficient (Wildman–Crippen LogP) is 3.42. The van der Waals surface area contributed by atoms with Crippen molar-refractivity contribution in [1.29, 1.82) is 0 Å². The highest BCUT2D eigenvalue weighted by Crippen LogP contribution is 2.27. The van der Waals surface area contributed by atoms with E-state index in [4.69, 9.17) is 22.1 Å². The zero-order valence-electron chi connectivity index (χ0n) is 13.0. The fourth-order valence-corrected chi connectivity index (χ4v) is 2.68. The van der Waals surface area contributed by atoms with Crippen LogP contribution in [0.25, 0.3) is 0 Å². The highest BCUT2D eigenvalue weighted by atomic mass is 127. The summed E-state index contributed by atoms with van der Waals surface area (Å²) in [5.74, 6) is 0.919.